The number of fused-ring (bicyclic) bond motifs is 1. The second kappa shape index (κ2) is 5.61. The molecular formula is C20H17N3. The minimum atomic E-state index is 0.763. The number of nitrogens with two attached hydrogens (primary N) is 1. The third kappa shape index (κ3) is 2.57. The molecule has 0 spiro atoms. The van der Waals surface area contributed by atoms with Crippen LogP contribution in [-0.4, -0.2) is 9.55 Å². The highest BCUT2D eigenvalue weighted by Gasteiger charge is 2.12. The van der Waals surface area contributed by atoms with Crippen LogP contribution in [0.15, 0.2) is 78.9 Å². The topological polar surface area (TPSA) is 43.8 Å². The zero-order valence-corrected chi connectivity index (χ0v) is 12.7. The van der Waals surface area contributed by atoms with Crippen molar-refractivity contribution < 1.29 is 0 Å². The van der Waals surface area contributed by atoms with E-state index < -0.39 is 0 Å². The number of imidazole rings is 1. The van der Waals surface area contributed by atoms with E-state index in [4.69, 9.17) is 10.7 Å². The number of nitrogen functional groups attached to an aromatic ring is 1. The number of hydrogen-bond donors (Lipinski definition) is 1. The Morgan fingerprint density at radius 2 is 1.48 bits per heavy atom. The number of aromatic nitrogens is 2. The van der Waals surface area contributed by atoms with Crippen LogP contribution in [0.4, 0.5) is 5.69 Å². The SMILES string of the molecule is Nc1ccc(-c2nc3ccccc3n2Cc2ccccc2)cc1. The predicted octanol–water partition coefficient (Wildman–Crippen LogP) is 4.33. The molecule has 3 heteroatoms. The molecule has 4 rings (SSSR count). The summed E-state index contributed by atoms with van der Waals surface area (Å²) >= 11 is 0. The summed E-state index contributed by atoms with van der Waals surface area (Å²) in [5, 5.41) is 0. The fourth-order valence-electron chi connectivity index (χ4n) is 2.85. The van der Waals surface area contributed by atoms with Crippen molar-refractivity contribution in [2.75, 3.05) is 5.73 Å². The molecule has 112 valence electrons. The third-order valence-electron chi connectivity index (χ3n) is 4.01. The summed E-state index contributed by atoms with van der Waals surface area (Å²) in [6.45, 7) is 0.793. The van der Waals surface area contributed by atoms with E-state index in [1.54, 1.807) is 0 Å². The van der Waals surface area contributed by atoms with Gasteiger partial charge in [-0.15, -0.1) is 0 Å². The largest absolute Gasteiger partial charge is 0.399 e. The number of anilines is 1. The zero-order chi connectivity index (χ0) is 15.6. The highest BCUT2D eigenvalue weighted by atomic mass is 15.1. The Labute approximate surface area is 135 Å². The number of rotatable bonds is 3. The summed E-state index contributed by atoms with van der Waals surface area (Å²) in [5.41, 5.74) is 11.1. The van der Waals surface area contributed by atoms with Gasteiger partial charge in [0.1, 0.15) is 5.82 Å². The predicted molar refractivity (Wildman–Crippen MR) is 95.1 cm³/mol. The molecule has 0 fully saturated rings. The van der Waals surface area contributed by atoms with Gasteiger partial charge in [0.05, 0.1) is 11.0 Å². The molecule has 0 atom stereocenters. The molecule has 1 aromatic heterocycles. The van der Waals surface area contributed by atoms with Crippen molar-refractivity contribution >= 4 is 16.7 Å². The summed E-state index contributed by atoms with van der Waals surface area (Å²) in [5.74, 6) is 0.968. The maximum absolute atomic E-state index is 5.81. The molecule has 0 radical (unpaired) electrons. The molecule has 23 heavy (non-hydrogen) atoms. The Morgan fingerprint density at radius 1 is 0.783 bits per heavy atom. The molecule has 2 N–H and O–H groups in total. The van der Waals surface area contributed by atoms with Gasteiger partial charge < -0.3 is 10.3 Å². The molecule has 0 amide bonds. The Kier molecular flexibility index (Phi) is 3.31. The Morgan fingerprint density at radius 3 is 2.26 bits per heavy atom. The van der Waals surface area contributed by atoms with Crippen LogP contribution in [0.5, 0.6) is 0 Å². The number of benzene rings is 3. The number of para-hydroxylation sites is 2. The number of nitrogens with zero attached hydrogens (tertiary/aromatic N) is 2. The van der Waals surface area contributed by atoms with Crippen molar-refractivity contribution in [3.8, 4) is 11.4 Å². The lowest BCUT2D eigenvalue weighted by molar-refractivity contribution is 0.834. The van der Waals surface area contributed by atoms with Gasteiger partial charge in [-0.05, 0) is 42.0 Å². The van der Waals surface area contributed by atoms with Gasteiger partial charge in [0.15, 0.2) is 0 Å². The molecule has 0 aliphatic rings. The second-order valence-corrected chi connectivity index (χ2v) is 5.62. The van der Waals surface area contributed by atoms with E-state index in [0.29, 0.717) is 0 Å². The summed E-state index contributed by atoms with van der Waals surface area (Å²) in [7, 11) is 0. The Hall–Kier alpha value is -3.07. The monoisotopic (exact) mass is 299 g/mol. The highest BCUT2D eigenvalue weighted by molar-refractivity contribution is 5.81. The van der Waals surface area contributed by atoms with Gasteiger partial charge in [0.25, 0.3) is 0 Å². The van der Waals surface area contributed by atoms with Gasteiger partial charge in [-0.1, -0.05) is 42.5 Å². The first kappa shape index (κ1) is 13.6. The van der Waals surface area contributed by atoms with Crippen LogP contribution < -0.4 is 5.73 Å². The highest BCUT2D eigenvalue weighted by Crippen LogP contribution is 2.26. The third-order valence-corrected chi connectivity index (χ3v) is 4.01. The van der Waals surface area contributed by atoms with Gasteiger partial charge in [0.2, 0.25) is 0 Å². The first-order valence-electron chi connectivity index (χ1n) is 7.66. The summed E-state index contributed by atoms with van der Waals surface area (Å²) in [6.07, 6.45) is 0. The first-order valence-corrected chi connectivity index (χ1v) is 7.66. The first-order chi connectivity index (χ1) is 11.3. The molecule has 1 heterocycles. The van der Waals surface area contributed by atoms with Crippen molar-refractivity contribution in [1.29, 1.82) is 0 Å². The molecule has 0 unspecified atom stereocenters. The van der Waals surface area contributed by atoms with Gasteiger partial charge in [-0.2, -0.15) is 0 Å². The van der Waals surface area contributed by atoms with Crippen molar-refractivity contribution in [3.63, 3.8) is 0 Å². The maximum Gasteiger partial charge on any atom is 0.141 e. The van der Waals surface area contributed by atoms with Crippen LogP contribution >= 0.6 is 0 Å². The lowest BCUT2D eigenvalue weighted by atomic mass is 10.2. The second-order valence-electron chi connectivity index (χ2n) is 5.62. The van der Waals surface area contributed by atoms with E-state index in [0.717, 1.165) is 34.7 Å². The molecule has 3 nitrogen and oxygen atoms in total. The Balaban J connectivity index is 1.89. The van der Waals surface area contributed by atoms with Crippen LogP contribution in [0, 0.1) is 0 Å². The molecule has 3 aromatic carbocycles. The molecule has 0 aliphatic carbocycles. The van der Waals surface area contributed by atoms with Crippen molar-refractivity contribution in [3.05, 3.63) is 84.4 Å². The van der Waals surface area contributed by atoms with Crippen LogP contribution in [-0.2, 0) is 6.54 Å². The van der Waals surface area contributed by atoms with E-state index in [1.807, 2.05) is 36.4 Å². The van der Waals surface area contributed by atoms with E-state index in [1.165, 1.54) is 5.56 Å². The fraction of sp³-hybridized carbons (Fsp3) is 0.0500. The van der Waals surface area contributed by atoms with Crippen LogP contribution in [0.2, 0.25) is 0 Å². The minimum Gasteiger partial charge on any atom is -0.399 e. The van der Waals surface area contributed by atoms with E-state index in [2.05, 4.69) is 47.0 Å². The maximum atomic E-state index is 5.81. The fourth-order valence-corrected chi connectivity index (χ4v) is 2.85. The Bertz CT molecular complexity index is 938. The average molecular weight is 299 g/mol. The molecule has 4 aromatic rings. The average Bonchev–Trinajstić information content (AvgIpc) is 2.95. The normalized spacial score (nSPS) is 11.0. The van der Waals surface area contributed by atoms with E-state index in [-0.39, 0.29) is 0 Å². The molecule has 0 saturated carbocycles. The lowest BCUT2D eigenvalue weighted by Crippen LogP contribution is -2.02. The quantitative estimate of drug-likeness (QED) is 0.572. The minimum absolute atomic E-state index is 0.763. The molecule has 0 saturated heterocycles. The van der Waals surface area contributed by atoms with Crippen molar-refractivity contribution in [2.45, 2.75) is 6.54 Å². The van der Waals surface area contributed by atoms with Gasteiger partial charge in [-0.25, -0.2) is 4.98 Å². The lowest BCUT2D eigenvalue weighted by Gasteiger charge is -2.10. The van der Waals surface area contributed by atoms with Crippen LogP contribution in [0.1, 0.15) is 5.56 Å². The molecule has 0 bridgehead atoms. The van der Waals surface area contributed by atoms with Crippen LogP contribution in [0.3, 0.4) is 0 Å². The smallest absolute Gasteiger partial charge is 0.141 e. The van der Waals surface area contributed by atoms with E-state index in [9.17, 15) is 0 Å². The standard InChI is InChI=1S/C20H17N3/c21-17-12-10-16(11-13-17)20-22-18-8-4-5-9-19(18)23(20)14-15-6-2-1-3-7-15/h1-13H,14,21H2. The summed E-state index contributed by atoms with van der Waals surface area (Å²) in [6, 6.07) is 26.6. The summed E-state index contributed by atoms with van der Waals surface area (Å²) < 4.78 is 2.26. The van der Waals surface area contributed by atoms with Crippen molar-refractivity contribution in [2.24, 2.45) is 0 Å². The molecular weight excluding hydrogens is 282 g/mol. The summed E-state index contributed by atoms with van der Waals surface area (Å²) in [4.78, 5) is 4.83. The van der Waals surface area contributed by atoms with Gasteiger partial charge in [-0.3, -0.25) is 0 Å². The zero-order valence-electron chi connectivity index (χ0n) is 12.7. The number of hydrogen-bond acceptors (Lipinski definition) is 2. The van der Waals surface area contributed by atoms with Crippen LogP contribution in [0.25, 0.3) is 22.4 Å². The molecule has 0 aliphatic heterocycles. The van der Waals surface area contributed by atoms with Crippen molar-refractivity contribution in [1.82, 2.24) is 9.55 Å². The van der Waals surface area contributed by atoms with Gasteiger partial charge >= 0.3 is 0 Å². The van der Waals surface area contributed by atoms with E-state index >= 15 is 0 Å². The van der Waals surface area contributed by atoms with Gasteiger partial charge in [0, 0.05) is 17.8 Å².